The highest BCUT2D eigenvalue weighted by molar-refractivity contribution is 9.10. The Hall–Kier alpha value is -3.00. The molecule has 4 rings (SSSR count). The van der Waals surface area contributed by atoms with E-state index in [4.69, 9.17) is 0 Å². The number of hydrazone groups is 1. The van der Waals surface area contributed by atoms with Crippen molar-refractivity contribution in [2.75, 3.05) is 17.7 Å². The molecule has 2 aromatic carbocycles. The molecule has 0 saturated carbocycles. The van der Waals surface area contributed by atoms with Crippen LogP contribution in [0.2, 0.25) is 0 Å². The van der Waals surface area contributed by atoms with Gasteiger partial charge in [-0.2, -0.15) is 10.1 Å². The molecule has 0 amide bonds. The summed E-state index contributed by atoms with van der Waals surface area (Å²) < 4.78 is 13.8. The van der Waals surface area contributed by atoms with Crippen LogP contribution in [-0.2, 0) is 6.42 Å². The van der Waals surface area contributed by atoms with Gasteiger partial charge in [-0.05, 0) is 77.2 Å². The number of anilines is 4. The maximum absolute atomic E-state index is 13.1. The van der Waals surface area contributed by atoms with Gasteiger partial charge in [0.15, 0.2) is 0 Å². The Morgan fingerprint density at radius 3 is 2.62 bits per heavy atom. The fourth-order valence-electron chi connectivity index (χ4n) is 3.31. The highest BCUT2D eigenvalue weighted by atomic mass is 79.9. The van der Waals surface area contributed by atoms with Crippen LogP contribution < -0.4 is 16.1 Å². The van der Waals surface area contributed by atoms with Crippen LogP contribution >= 0.6 is 15.9 Å². The Labute approximate surface area is 176 Å². The molecule has 0 fully saturated rings. The van der Waals surface area contributed by atoms with Gasteiger partial charge in [0.1, 0.15) is 11.6 Å². The van der Waals surface area contributed by atoms with E-state index in [1.54, 1.807) is 18.3 Å². The number of aromatic nitrogens is 2. The quantitative estimate of drug-likeness (QED) is 0.466. The molecule has 1 aliphatic carbocycles. The number of nitrogens with one attached hydrogen (secondary N) is 3. The SMILES string of the molecule is CN/N=C1\CCCc2cc(Nc3ncc(Br)c(Nc4ccc(F)cc4)n3)ccc21. The van der Waals surface area contributed by atoms with Gasteiger partial charge >= 0.3 is 0 Å². The molecule has 1 aliphatic rings. The first-order chi connectivity index (χ1) is 14.1. The summed E-state index contributed by atoms with van der Waals surface area (Å²) >= 11 is 3.45. The molecule has 0 spiro atoms. The van der Waals surface area contributed by atoms with Crippen LogP contribution in [0.4, 0.5) is 27.5 Å². The maximum Gasteiger partial charge on any atom is 0.229 e. The molecule has 6 nitrogen and oxygen atoms in total. The average molecular weight is 455 g/mol. The van der Waals surface area contributed by atoms with E-state index in [0.717, 1.165) is 36.3 Å². The molecule has 0 radical (unpaired) electrons. The zero-order chi connectivity index (χ0) is 20.2. The Bertz CT molecular complexity index is 1050. The first-order valence-electron chi connectivity index (χ1n) is 9.31. The predicted molar refractivity (Wildman–Crippen MR) is 118 cm³/mol. The standard InChI is InChI=1S/C21H20BrFN6/c1-24-29-19-4-2-3-13-11-16(9-10-17(13)19)27-21-25-12-18(22)20(28-21)26-15-7-5-14(23)6-8-15/h5-12,24H,2-4H2,1H3,(H2,25,26,27,28)/b29-19+. The molecule has 0 aliphatic heterocycles. The average Bonchev–Trinajstić information content (AvgIpc) is 2.72. The van der Waals surface area contributed by atoms with Crippen molar-refractivity contribution >= 4 is 44.8 Å². The first kappa shape index (κ1) is 19.3. The molecular formula is C21H20BrFN6. The van der Waals surface area contributed by atoms with Crippen molar-refractivity contribution < 1.29 is 4.39 Å². The molecular weight excluding hydrogens is 435 g/mol. The van der Waals surface area contributed by atoms with Gasteiger partial charge < -0.3 is 16.1 Å². The highest BCUT2D eigenvalue weighted by Gasteiger charge is 2.16. The number of fused-ring (bicyclic) bond motifs is 1. The highest BCUT2D eigenvalue weighted by Crippen LogP contribution is 2.28. The molecule has 8 heteroatoms. The summed E-state index contributed by atoms with van der Waals surface area (Å²) in [6, 6.07) is 12.3. The van der Waals surface area contributed by atoms with Crippen molar-refractivity contribution in [1.29, 1.82) is 0 Å². The Morgan fingerprint density at radius 2 is 1.83 bits per heavy atom. The van der Waals surface area contributed by atoms with Crippen molar-refractivity contribution in [3.63, 3.8) is 0 Å². The monoisotopic (exact) mass is 454 g/mol. The fourth-order valence-corrected chi connectivity index (χ4v) is 3.60. The molecule has 3 aromatic rings. The minimum atomic E-state index is -0.282. The summed E-state index contributed by atoms with van der Waals surface area (Å²) in [6.45, 7) is 0. The Balaban J connectivity index is 1.55. The van der Waals surface area contributed by atoms with Gasteiger partial charge in [0.2, 0.25) is 5.95 Å². The van der Waals surface area contributed by atoms with Crippen molar-refractivity contribution in [2.45, 2.75) is 19.3 Å². The fraction of sp³-hybridized carbons (Fsp3) is 0.190. The number of hydrogen-bond acceptors (Lipinski definition) is 6. The molecule has 148 valence electrons. The van der Waals surface area contributed by atoms with Gasteiger partial charge in [-0.25, -0.2) is 9.37 Å². The van der Waals surface area contributed by atoms with Crippen LogP contribution in [0.1, 0.15) is 24.0 Å². The van der Waals surface area contributed by atoms with Gasteiger partial charge in [0.25, 0.3) is 0 Å². The van der Waals surface area contributed by atoms with Crippen LogP contribution in [0.3, 0.4) is 0 Å². The van der Waals surface area contributed by atoms with Crippen LogP contribution in [0.5, 0.6) is 0 Å². The van der Waals surface area contributed by atoms with Crippen molar-refractivity contribution in [3.05, 3.63) is 70.1 Å². The molecule has 29 heavy (non-hydrogen) atoms. The summed E-state index contributed by atoms with van der Waals surface area (Å²) in [5.74, 6) is 0.781. The van der Waals surface area contributed by atoms with Gasteiger partial charge in [-0.1, -0.05) is 6.07 Å². The van der Waals surface area contributed by atoms with Gasteiger partial charge in [0, 0.05) is 30.2 Å². The van der Waals surface area contributed by atoms with E-state index in [9.17, 15) is 4.39 Å². The lowest BCUT2D eigenvalue weighted by Crippen LogP contribution is -2.15. The third kappa shape index (κ3) is 4.54. The number of benzene rings is 2. The van der Waals surface area contributed by atoms with Crippen molar-refractivity contribution in [2.24, 2.45) is 5.10 Å². The van der Waals surface area contributed by atoms with Crippen LogP contribution in [0.15, 0.2) is 58.2 Å². The van der Waals surface area contributed by atoms with E-state index in [0.29, 0.717) is 16.2 Å². The molecule has 0 saturated heterocycles. The lowest BCUT2D eigenvalue weighted by Gasteiger charge is -2.19. The molecule has 0 bridgehead atoms. The van der Waals surface area contributed by atoms with Crippen molar-refractivity contribution in [1.82, 2.24) is 15.4 Å². The second kappa shape index (κ2) is 8.57. The molecule has 1 heterocycles. The minimum Gasteiger partial charge on any atom is -0.339 e. The number of hydrogen-bond donors (Lipinski definition) is 3. The summed E-state index contributed by atoms with van der Waals surface area (Å²) in [5, 5.41) is 10.8. The second-order valence-electron chi connectivity index (χ2n) is 6.65. The second-order valence-corrected chi connectivity index (χ2v) is 7.51. The Kier molecular flexibility index (Phi) is 5.71. The number of nitrogens with zero attached hydrogens (tertiary/aromatic N) is 3. The molecule has 1 aromatic heterocycles. The lowest BCUT2D eigenvalue weighted by atomic mass is 9.90. The van der Waals surface area contributed by atoms with Gasteiger partial charge in [-0.3, -0.25) is 0 Å². The van der Waals surface area contributed by atoms with E-state index in [-0.39, 0.29) is 5.82 Å². The number of halogens is 2. The van der Waals surface area contributed by atoms with Crippen LogP contribution in [-0.4, -0.2) is 22.7 Å². The van der Waals surface area contributed by atoms with E-state index in [1.807, 2.05) is 13.1 Å². The molecule has 3 N–H and O–H groups in total. The smallest absolute Gasteiger partial charge is 0.229 e. The predicted octanol–water partition coefficient (Wildman–Crippen LogP) is 5.13. The molecule has 0 unspecified atom stereocenters. The lowest BCUT2D eigenvalue weighted by molar-refractivity contribution is 0.628. The van der Waals surface area contributed by atoms with Gasteiger partial charge in [-0.15, -0.1) is 0 Å². The van der Waals surface area contributed by atoms with E-state index in [1.165, 1.54) is 23.3 Å². The summed E-state index contributed by atoms with van der Waals surface area (Å²) in [6.07, 6.45) is 4.76. The zero-order valence-corrected chi connectivity index (χ0v) is 17.4. The van der Waals surface area contributed by atoms with E-state index in [2.05, 4.69) is 59.2 Å². The van der Waals surface area contributed by atoms with Crippen molar-refractivity contribution in [3.8, 4) is 0 Å². The first-order valence-corrected chi connectivity index (χ1v) is 10.1. The van der Waals surface area contributed by atoms with E-state index >= 15 is 0 Å². The largest absolute Gasteiger partial charge is 0.339 e. The normalized spacial score (nSPS) is 14.4. The third-order valence-electron chi connectivity index (χ3n) is 4.63. The number of rotatable bonds is 5. The van der Waals surface area contributed by atoms with E-state index < -0.39 is 0 Å². The van der Waals surface area contributed by atoms with Gasteiger partial charge in [0.05, 0.1) is 10.2 Å². The summed E-state index contributed by atoms with van der Waals surface area (Å²) in [5.41, 5.74) is 8.08. The summed E-state index contributed by atoms with van der Waals surface area (Å²) in [7, 11) is 1.82. The Morgan fingerprint density at radius 1 is 1.03 bits per heavy atom. The van der Waals surface area contributed by atoms with Crippen LogP contribution in [0.25, 0.3) is 0 Å². The number of aryl methyl sites for hydroxylation is 1. The zero-order valence-electron chi connectivity index (χ0n) is 15.8. The minimum absolute atomic E-state index is 0.282. The topological polar surface area (TPSA) is 74.2 Å². The third-order valence-corrected chi connectivity index (χ3v) is 5.21. The van der Waals surface area contributed by atoms with Crippen LogP contribution in [0, 0.1) is 5.82 Å². The molecule has 0 atom stereocenters. The maximum atomic E-state index is 13.1. The summed E-state index contributed by atoms with van der Waals surface area (Å²) in [4.78, 5) is 8.88.